The summed E-state index contributed by atoms with van der Waals surface area (Å²) in [5.74, 6) is -1.42. The molecule has 2 aliphatic heterocycles. The smallest absolute Gasteiger partial charge is 0.462 e. The summed E-state index contributed by atoms with van der Waals surface area (Å²) < 4.78 is 62.4. The van der Waals surface area contributed by atoms with Crippen molar-refractivity contribution in [2.45, 2.75) is 185 Å². The Hall–Kier alpha value is -3.84. The van der Waals surface area contributed by atoms with Gasteiger partial charge in [-0.1, -0.05) is 112 Å². The summed E-state index contributed by atoms with van der Waals surface area (Å²) in [7, 11) is -10.9. The van der Waals surface area contributed by atoms with E-state index in [1.807, 2.05) is 24.3 Å². The second-order valence-electron chi connectivity index (χ2n) is 17.3. The predicted octanol–water partition coefficient (Wildman–Crippen LogP) is 9.10. The molecule has 0 bridgehead atoms. The van der Waals surface area contributed by atoms with Crippen molar-refractivity contribution >= 4 is 33.4 Å². The first-order valence-electron chi connectivity index (χ1n) is 25.1. The average Bonchev–Trinajstić information content (AvgIpc) is 4.02. The molecule has 0 spiro atoms. The highest BCUT2D eigenvalue weighted by Gasteiger charge is 2.46. The SMILES string of the molecule is CCCCC/C=C\C/C=C\C/C=C\CCCCC(=O)O[C@H](COC(=O)CCC/C=C\C/C=C\CC1OC1C/C=C\CCCCC)COP(=O)(O)OP(=O)(O)OC[C@H]1O[C@@H](n2ccc(N)nc2=O)[C@H](O)[C@@H]1O. The Balaban J connectivity index is 1.43. The Bertz CT molecular complexity index is 2040. The molecule has 1 aromatic rings. The number of aromatic nitrogens is 2. The van der Waals surface area contributed by atoms with E-state index in [0.29, 0.717) is 31.8 Å². The predicted molar refractivity (Wildman–Crippen MR) is 270 cm³/mol. The first-order valence-corrected chi connectivity index (χ1v) is 28.1. The molecule has 2 saturated heterocycles. The number of rotatable bonds is 39. The summed E-state index contributed by atoms with van der Waals surface area (Å²) in [5, 5.41) is 20.9. The van der Waals surface area contributed by atoms with Crippen LogP contribution in [0.5, 0.6) is 0 Å². The second-order valence-corrected chi connectivity index (χ2v) is 20.4. The molecule has 9 atom stereocenters. The molecular formula is C50H79N3O16P2. The van der Waals surface area contributed by atoms with Crippen LogP contribution in [-0.2, 0) is 51.0 Å². The normalized spacial score (nSPS) is 22.6. The molecular weight excluding hydrogens is 961 g/mol. The molecule has 21 heteroatoms. The zero-order chi connectivity index (χ0) is 51.7. The minimum Gasteiger partial charge on any atom is -0.462 e. The Labute approximate surface area is 419 Å². The van der Waals surface area contributed by atoms with E-state index in [-0.39, 0.29) is 24.8 Å². The number of esters is 2. The molecule has 6 N–H and O–H groups in total. The standard InChI is InChI=1S/C50H79N3O16P2/c1-3-5-7-9-11-12-13-14-15-16-17-18-21-26-30-34-46(55)66-40(37-63-45(54)33-29-25-22-19-20-24-28-32-42-41(67-42)31-27-23-10-8-6-4-2)38-64-70(59,60)69-71(61,62)65-39-43-47(56)48(57)49(68-43)53-36-35-44(51)52-50(53)58/h11-12,14-15,17-19,22-24,27-28,35-36,40-43,47-49,56-57H,3-10,13,16,20-21,25-26,29-34,37-39H2,1-2H3,(H,59,60)(H,61,62)(H2,51,52,58)/b12-11-,15-14-,18-17-,22-19-,27-23-,28-24-/t40-,41?,42?,43-,47-,48-,49-/m1/s1. The second kappa shape index (κ2) is 35.3. The number of unbranched alkanes of at least 4 members (excludes halogenated alkanes) is 9. The third kappa shape index (κ3) is 27.7. The third-order valence-electron chi connectivity index (χ3n) is 11.2. The first kappa shape index (κ1) is 61.5. The van der Waals surface area contributed by atoms with Crippen molar-refractivity contribution in [2.75, 3.05) is 25.6 Å². The Morgan fingerprint density at radius 1 is 0.690 bits per heavy atom. The van der Waals surface area contributed by atoms with E-state index < -0.39 is 83.7 Å². The van der Waals surface area contributed by atoms with Crippen molar-refractivity contribution < 1.29 is 71.0 Å². The van der Waals surface area contributed by atoms with Crippen molar-refractivity contribution in [1.29, 1.82) is 0 Å². The van der Waals surface area contributed by atoms with Crippen LogP contribution in [-0.4, -0.2) is 97.9 Å². The van der Waals surface area contributed by atoms with Crippen molar-refractivity contribution in [3.05, 3.63) is 95.7 Å². The number of phosphoric ester groups is 2. The zero-order valence-corrected chi connectivity index (χ0v) is 43.2. The number of nitrogen functional groups attached to an aromatic ring is 1. The van der Waals surface area contributed by atoms with E-state index in [2.05, 4.69) is 71.8 Å². The fourth-order valence-electron chi connectivity index (χ4n) is 7.12. The summed E-state index contributed by atoms with van der Waals surface area (Å²) in [6, 6.07) is 1.24. The van der Waals surface area contributed by atoms with Gasteiger partial charge in [-0.3, -0.25) is 23.2 Å². The minimum absolute atomic E-state index is 0.0167. The lowest BCUT2D eigenvalue weighted by Crippen LogP contribution is -2.36. The van der Waals surface area contributed by atoms with Gasteiger partial charge in [0.1, 0.15) is 30.7 Å². The Morgan fingerprint density at radius 2 is 1.21 bits per heavy atom. The van der Waals surface area contributed by atoms with Crippen LogP contribution in [0, 0.1) is 0 Å². The molecule has 19 nitrogen and oxygen atoms in total. The maximum atomic E-state index is 12.8. The van der Waals surface area contributed by atoms with Crippen LogP contribution >= 0.6 is 15.6 Å². The van der Waals surface area contributed by atoms with E-state index in [9.17, 15) is 43.5 Å². The number of ether oxygens (including phenoxy) is 4. The molecule has 2 aliphatic rings. The summed E-state index contributed by atoms with van der Waals surface area (Å²) in [5.41, 5.74) is 4.58. The number of anilines is 1. The number of aliphatic hydroxyl groups excluding tert-OH is 2. The molecule has 0 aliphatic carbocycles. The quantitative estimate of drug-likeness (QED) is 0.0135. The number of hydrogen-bond acceptors (Lipinski definition) is 16. The molecule has 2 fully saturated rings. The van der Waals surface area contributed by atoms with E-state index >= 15 is 0 Å². The summed E-state index contributed by atoms with van der Waals surface area (Å²) in [4.78, 5) is 61.9. The number of carbonyl (C=O) groups excluding carboxylic acids is 2. The highest BCUT2D eigenvalue weighted by Crippen LogP contribution is 2.60. The summed E-state index contributed by atoms with van der Waals surface area (Å²) in [6.07, 6.45) is 36.0. The number of epoxide rings is 1. The molecule has 400 valence electrons. The van der Waals surface area contributed by atoms with Gasteiger partial charge in [0.05, 0.1) is 25.4 Å². The molecule has 1 aromatic heterocycles. The molecule has 0 amide bonds. The van der Waals surface area contributed by atoms with Crippen molar-refractivity contribution in [1.82, 2.24) is 9.55 Å². The summed E-state index contributed by atoms with van der Waals surface area (Å²) >= 11 is 0. The van der Waals surface area contributed by atoms with E-state index in [1.54, 1.807) is 0 Å². The van der Waals surface area contributed by atoms with Gasteiger partial charge in [-0.05, 0) is 96.0 Å². The molecule has 0 saturated carbocycles. The minimum atomic E-state index is -5.45. The number of hydrogen-bond donors (Lipinski definition) is 5. The van der Waals surface area contributed by atoms with E-state index in [4.69, 9.17) is 33.7 Å². The topological polar surface area (TPSA) is 278 Å². The molecule has 4 unspecified atom stereocenters. The molecule has 71 heavy (non-hydrogen) atoms. The number of nitrogens with zero attached hydrogens (tertiary/aromatic N) is 2. The Morgan fingerprint density at radius 3 is 1.82 bits per heavy atom. The average molecular weight is 1040 g/mol. The Kier molecular flexibility index (Phi) is 30.6. The van der Waals surface area contributed by atoms with E-state index in [0.717, 1.165) is 62.1 Å². The van der Waals surface area contributed by atoms with Gasteiger partial charge in [-0.2, -0.15) is 9.29 Å². The lowest BCUT2D eigenvalue weighted by Gasteiger charge is -2.21. The van der Waals surface area contributed by atoms with Crippen molar-refractivity contribution in [3.63, 3.8) is 0 Å². The zero-order valence-electron chi connectivity index (χ0n) is 41.4. The lowest BCUT2D eigenvalue weighted by atomic mass is 10.1. The van der Waals surface area contributed by atoms with Crippen LogP contribution in [0.2, 0.25) is 0 Å². The number of phosphoric acid groups is 2. The maximum Gasteiger partial charge on any atom is 0.481 e. The number of carbonyl (C=O) groups is 2. The summed E-state index contributed by atoms with van der Waals surface area (Å²) in [6.45, 7) is 1.98. The number of aliphatic hydroxyl groups is 2. The van der Waals surface area contributed by atoms with Crippen molar-refractivity contribution in [2.24, 2.45) is 0 Å². The van der Waals surface area contributed by atoms with Gasteiger partial charge in [0.2, 0.25) is 0 Å². The van der Waals surface area contributed by atoms with Gasteiger partial charge < -0.3 is 44.7 Å². The van der Waals surface area contributed by atoms with Gasteiger partial charge in [0, 0.05) is 19.0 Å². The largest absolute Gasteiger partial charge is 0.481 e. The van der Waals surface area contributed by atoms with Crippen molar-refractivity contribution in [3.8, 4) is 0 Å². The maximum absolute atomic E-state index is 12.8. The molecule has 3 rings (SSSR count). The first-order chi connectivity index (χ1) is 34.1. The fraction of sp³-hybridized carbons (Fsp3) is 0.640. The highest BCUT2D eigenvalue weighted by molar-refractivity contribution is 7.61. The van der Waals surface area contributed by atoms with Gasteiger partial charge in [0.15, 0.2) is 12.3 Å². The van der Waals surface area contributed by atoms with Crippen LogP contribution in [0.4, 0.5) is 5.82 Å². The number of allylic oxidation sites excluding steroid dienone is 10. The van der Waals surface area contributed by atoms with Crippen LogP contribution in [0.25, 0.3) is 0 Å². The van der Waals surface area contributed by atoms with Gasteiger partial charge >= 0.3 is 33.3 Å². The van der Waals surface area contributed by atoms with E-state index in [1.165, 1.54) is 44.6 Å². The molecule has 0 radical (unpaired) electrons. The molecule has 0 aromatic carbocycles. The van der Waals surface area contributed by atoms with Gasteiger partial charge in [0.25, 0.3) is 0 Å². The third-order valence-corrected chi connectivity index (χ3v) is 13.8. The molecule has 3 heterocycles. The lowest BCUT2D eigenvalue weighted by molar-refractivity contribution is -0.161. The van der Waals surface area contributed by atoms with Crippen LogP contribution in [0.3, 0.4) is 0 Å². The number of nitrogens with two attached hydrogens (primary N) is 1. The van der Waals surface area contributed by atoms with Crippen LogP contribution < -0.4 is 11.4 Å². The highest BCUT2D eigenvalue weighted by atomic mass is 31.3. The monoisotopic (exact) mass is 1040 g/mol. The van der Waals surface area contributed by atoms with Gasteiger partial charge in [-0.25, -0.2) is 13.9 Å². The fourth-order valence-corrected chi connectivity index (χ4v) is 9.23. The van der Waals surface area contributed by atoms with Crippen LogP contribution in [0.1, 0.15) is 148 Å². The van der Waals surface area contributed by atoms with Gasteiger partial charge in [-0.15, -0.1) is 0 Å². The van der Waals surface area contributed by atoms with Crippen LogP contribution in [0.15, 0.2) is 90.0 Å².